The first kappa shape index (κ1) is 12.3. The van der Waals surface area contributed by atoms with Gasteiger partial charge >= 0.3 is 5.63 Å². The predicted molar refractivity (Wildman–Crippen MR) is 81.8 cm³/mol. The minimum atomic E-state index is -0.372. The van der Waals surface area contributed by atoms with E-state index in [1.807, 2.05) is 41.8 Å². The van der Waals surface area contributed by atoms with Crippen LogP contribution in [-0.2, 0) is 4.84 Å². The Morgan fingerprint density at radius 3 is 2.95 bits per heavy atom. The summed E-state index contributed by atoms with van der Waals surface area (Å²) in [4.78, 5) is 18.7. The molecule has 0 bridgehead atoms. The molecule has 3 aromatic rings. The molecule has 21 heavy (non-hydrogen) atoms. The van der Waals surface area contributed by atoms with E-state index in [0.29, 0.717) is 23.3 Å². The Kier molecular flexibility index (Phi) is 2.86. The zero-order valence-electron chi connectivity index (χ0n) is 11.0. The summed E-state index contributed by atoms with van der Waals surface area (Å²) in [6.45, 7) is 0. The fourth-order valence-corrected chi connectivity index (χ4v) is 3.18. The van der Waals surface area contributed by atoms with E-state index in [1.165, 1.54) is 0 Å². The van der Waals surface area contributed by atoms with E-state index in [4.69, 9.17) is 9.25 Å². The fourth-order valence-electron chi connectivity index (χ4n) is 2.43. The lowest BCUT2D eigenvalue weighted by molar-refractivity contribution is 0.0883. The van der Waals surface area contributed by atoms with Crippen LogP contribution in [0.3, 0.4) is 0 Å². The lowest BCUT2D eigenvalue weighted by atomic mass is 10.0. The van der Waals surface area contributed by atoms with Crippen LogP contribution < -0.4 is 5.63 Å². The molecular formula is C16H11NO3S. The number of benzene rings is 1. The van der Waals surface area contributed by atoms with Gasteiger partial charge in [0.25, 0.3) is 0 Å². The molecule has 1 unspecified atom stereocenters. The molecule has 4 nitrogen and oxygen atoms in total. The third kappa shape index (κ3) is 2.15. The van der Waals surface area contributed by atoms with Crippen molar-refractivity contribution in [3.8, 4) is 0 Å². The molecule has 0 saturated carbocycles. The summed E-state index contributed by atoms with van der Waals surface area (Å²) in [5.74, 6) is 0. The van der Waals surface area contributed by atoms with Crippen LogP contribution in [0.15, 0.2) is 62.2 Å². The van der Waals surface area contributed by atoms with Crippen LogP contribution in [0, 0.1) is 0 Å². The van der Waals surface area contributed by atoms with Gasteiger partial charge in [-0.05, 0) is 23.6 Å². The van der Waals surface area contributed by atoms with Gasteiger partial charge in [-0.15, -0.1) is 11.3 Å². The van der Waals surface area contributed by atoms with Crippen molar-refractivity contribution in [1.29, 1.82) is 0 Å². The summed E-state index contributed by atoms with van der Waals surface area (Å²) >= 11 is 1.62. The largest absolute Gasteiger partial charge is 0.422 e. The van der Waals surface area contributed by atoms with Crippen molar-refractivity contribution in [3.63, 3.8) is 0 Å². The molecule has 0 saturated heterocycles. The van der Waals surface area contributed by atoms with Gasteiger partial charge in [-0.2, -0.15) is 0 Å². The normalized spacial score (nSPS) is 17.7. The highest BCUT2D eigenvalue weighted by Gasteiger charge is 2.26. The molecule has 2 aromatic heterocycles. The Morgan fingerprint density at radius 2 is 2.10 bits per heavy atom. The van der Waals surface area contributed by atoms with Crippen LogP contribution in [0.25, 0.3) is 11.0 Å². The fraction of sp³-hybridized carbons (Fsp3) is 0.125. The van der Waals surface area contributed by atoms with Crippen LogP contribution >= 0.6 is 11.3 Å². The van der Waals surface area contributed by atoms with E-state index in [2.05, 4.69) is 5.16 Å². The molecule has 0 spiro atoms. The van der Waals surface area contributed by atoms with Gasteiger partial charge in [0.05, 0.1) is 11.3 Å². The van der Waals surface area contributed by atoms with E-state index in [1.54, 1.807) is 17.4 Å². The average molecular weight is 297 g/mol. The smallest absolute Gasteiger partial charge is 0.345 e. The Labute approximate surface area is 124 Å². The molecule has 0 N–H and O–H groups in total. The minimum Gasteiger partial charge on any atom is -0.422 e. The maximum Gasteiger partial charge on any atom is 0.345 e. The molecule has 1 aliphatic heterocycles. The summed E-state index contributed by atoms with van der Waals surface area (Å²) < 4.78 is 5.34. The summed E-state index contributed by atoms with van der Waals surface area (Å²) in [6, 6.07) is 13.3. The molecule has 0 radical (unpaired) electrons. The molecule has 104 valence electrons. The predicted octanol–water partition coefficient (Wildman–Crippen LogP) is 3.72. The number of hydrogen-bond donors (Lipinski definition) is 0. The number of para-hydroxylation sites is 1. The quantitative estimate of drug-likeness (QED) is 0.677. The Hall–Kier alpha value is -2.40. The third-order valence-electron chi connectivity index (χ3n) is 3.48. The highest BCUT2D eigenvalue weighted by Crippen LogP contribution is 2.31. The lowest BCUT2D eigenvalue weighted by Crippen LogP contribution is -2.13. The van der Waals surface area contributed by atoms with Gasteiger partial charge in [0, 0.05) is 16.7 Å². The topological polar surface area (TPSA) is 51.8 Å². The molecule has 0 amide bonds. The van der Waals surface area contributed by atoms with Gasteiger partial charge in [0.1, 0.15) is 5.58 Å². The van der Waals surface area contributed by atoms with Gasteiger partial charge in [-0.1, -0.05) is 29.4 Å². The van der Waals surface area contributed by atoms with E-state index < -0.39 is 0 Å². The Morgan fingerprint density at radius 1 is 1.19 bits per heavy atom. The van der Waals surface area contributed by atoms with E-state index in [9.17, 15) is 4.79 Å². The van der Waals surface area contributed by atoms with Gasteiger partial charge in [0.15, 0.2) is 6.10 Å². The van der Waals surface area contributed by atoms with Gasteiger partial charge in [-0.25, -0.2) is 4.79 Å². The first-order chi connectivity index (χ1) is 10.3. The number of nitrogens with zero attached hydrogens (tertiary/aromatic N) is 1. The second-order valence-corrected chi connectivity index (χ2v) is 5.82. The summed E-state index contributed by atoms with van der Waals surface area (Å²) in [6.07, 6.45) is 0.481. The summed E-state index contributed by atoms with van der Waals surface area (Å²) in [7, 11) is 0. The first-order valence-corrected chi connectivity index (χ1v) is 7.48. The molecule has 1 aliphatic rings. The van der Waals surface area contributed by atoms with Crippen LogP contribution in [0.2, 0.25) is 0 Å². The highest BCUT2D eigenvalue weighted by atomic mass is 32.1. The third-order valence-corrected chi connectivity index (χ3v) is 4.45. The highest BCUT2D eigenvalue weighted by molar-refractivity contribution is 7.10. The SMILES string of the molecule is O=c1oc2ccccc2cc1C1=NOC(c2cccs2)C1. The Bertz CT molecular complexity index is 880. The average Bonchev–Trinajstić information content (AvgIpc) is 3.17. The molecule has 1 atom stereocenters. The minimum absolute atomic E-state index is 0.106. The zero-order chi connectivity index (χ0) is 14.2. The van der Waals surface area contributed by atoms with Crippen LogP contribution in [0.1, 0.15) is 23.0 Å². The first-order valence-electron chi connectivity index (χ1n) is 6.60. The second kappa shape index (κ2) is 4.86. The van der Waals surface area contributed by atoms with Gasteiger partial charge in [0.2, 0.25) is 0 Å². The van der Waals surface area contributed by atoms with Crippen LogP contribution in [0.5, 0.6) is 0 Å². The number of oxime groups is 1. The monoisotopic (exact) mass is 297 g/mol. The lowest BCUT2D eigenvalue weighted by Gasteiger charge is -2.04. The molecule has 4 rings (SSSR count). The van der Waals surface area contributed by atoms with E-state index in [0.717, 1.165) is 10.3 Å². The van der Waals surface area contributed by atoms with Crippen molar-refractivity contribution in [1.82, 2.24) is 0 Å². The van der Waals surface area contributed by atoms with Gasteiger partial charge in [-0.3, -0.25) is 0 Å². The maximum atomic E-state index is 12.1. The zero-order valence-corrected chi connectivity index (χ0v) is 11.8. The molecule has 0 fully saturated rings. The summed E-state index contributed by atoms with van der Waals surface area (Å²) in [5, 5.41) is 6.96. The maximum absolute atomic E-state index is 12.1. The molecule has 3 heterocycles. The van der Waals surface area contributed by atoms with Crippen LogP contribution in [0.4, 0.5) is 0 Å². The Balaban J connectivity index is 1.71. The van der Waals surface area contributed by atoms with E-state index >= 15 is 0 Å². The number of thiophene rings is 1. The second-order valence-electron chi connectivity index (χ2n) is 4.84. The van der Waals surface area contributed by atoms with Gasteiger partial charge < -0.3 is 9.25 Å². The van der Waals surface area contributed by atoms with Crippen LogP contribution in [-0.4, -0.2) is 5.71 Å². The number of rotatable bonds is 2. The van der Waals surface area contributed by atoms with E-state index in [-0.39, 0.29) is 11.7 Å². The van der Waals surface area contributed by atoms with Crippen molar-refractivity contribution >= 4 is 28.0 Å². The molecule has 0 aliphatic carbocycles. The molecule has 5 heteroatoms. The van der Waals surface area contributed by atoms with Crippen molar-refractivity contribution in [2.75, 3.05) is 0 Å². The van der Waals surface area contributed by atoms with Crippen molar-refractivity contribution < 1.29 is 9.25 Å². The number of hydrogen-bond acceptors (Lipinski definition) is 5. The van der Waals surface area contributed by atoms with Crippen molar-refractivity contribution in [2.24, 2.45) is 5.16 Å². The summed E-state index contributed by atoms with van der Waals surface area (Å²) in [5.41, 5.74) is 1.34. The standard InChI is InChI=1S/C16H11NO3S/c18-16-11(8-10-4-1-2-5-13(10)19-16)12-9-14(20-17-12)15-6-3-7-21-15/h1-8,14H,9H2. The van der Waals surface area contributed by atoms with Crippen molar-refractivity contribution in [3.05, 3.63) is 68.7 Å². The molecular weight excluding hydrogens is 286 g/mol. The molecule has 1 aromatic carbocycles. The van der Waals surface area contributed by atoms with Crippen molar-refractivity contribution in [2.45, 2.75) is 12.5 Å². The number of fused-ring (bicyclic) bond motifs is 1.